The summed E-state index contributed by atoms with van der Waals surface area (Å²) in [6.07, 6.45) is -0.901. The van der Waals surface area contributed by atoms with Gasteiger partial charge in [-0.15, -0.1) is 6.58 Å². The Balaban J connectivity index is 2.30. The summed E-state index contributed by atoms with van der Waals surface area (Å²) < 4.78 is 33.2. The molecule has 9 heteroatoms. The number of rotatable bonds is 16. The van der Waals surface area contributed by atoms with E-state index in [0.717, 1.165) is 36.6 Å². The molecule has 2 aromatic rings. The summed E-state index contributed by atoms with van der Waals surface area (Å²) in [5.41, 5.74) is 2.33. The molecule has 0 aliphatic rings. The number of nitrogens with zero attached hydrogens (tertiary/aromatic N) is 1. The summed E-state index contributed by atoms with van der Waals surface area (Å²) >= 11 is 0. The molecule has 0 aliphatic heterocycles. The predicted molar refractivity (Wildman–Crippen MR) is 151 cm³/mol. The fraction of sp³-hybridized carbons (Fsp3) is 0.484. The Kier molecular flexibility index (Phi) is 13.4. The second-order valence-corrected chi connectivity index (χ2v) is 10.3. The van der Waals surface area contributed by atoms with Gasteiger partial charge in [-0.3, -0.25) is 9.59 Å². The Morgan fingerprint density at radius 2 is 1.60 bits per heavy atom. The minimum atomic E-state index is -1.52. The largest absolute Gasteiger partial charge is 0.388 e. The number of carbonyl (C=O) groups excluding carboxylic acids is 2. The van der Waals surface area contributed by atoms with Crippen LogP contribution in [0.1, 0.15) is 71.9 Å². The third-order valence-electron chi connectivity index (χ3n) is 6.32. The highest BCUT2D eigenvalue weighted by Crippen LogP contribution is 2.17. The first-order chi connectivity index (χ1) is 18.9. The van der Waals surface area contributed by atoms with Gasteiger partial charge in [0.1, 0.15) is 23.8 Å². The van der Waals surface area contributed by atoms with E-state index in [1.165, 1.54) is 6.07 Å². The van der Waals surface area contributed by atoms with Crippen LogP contribution in [0.5, 0.6) is 0 Å². The molecule has 0 unspecified atom stereocenters. The number of nitrogens with one attached hydrogen (secondary N) is 1. The molecule has 220 valence electrons. The minimum absolute atomic E-state index is 0.164. The molecule has 0 radical (unpaired) electrons. The smallest absolute Gasteiger partial charge is 0.253 e. The lowest BCUT2D eigenvalue weighted by atomic mass is 9.96. The molecule has 0 spiro atoms. The molecule has 0 aromatic heterocycles. The van der Waals surface area contributed by atoms with Crippen molar-refractivity contribution >= 4 is 11.8 Å². The van der Waals surface area contributed by atoms with Crippen molar-refractivity contribution in [3.8, 4) is 0 Å². The molecule has 3 N–H and O–H groups in total. The molecule has 0 bridgehead atoms. The molecule has 2 amide bonds. The average Bonchev–Trinajstić information content (AvgIpc) is 2.88. The summed E-state index contributed by atoms with van der Waals surface area (Å²) in [7, 11) is 0. The molecular formula is C31H42F2N2O5. The number of ether oxygens (including phenoxy) is 1. The summed E-state index contributed by atoms with van der Waals surface area (Å²) in [6, 6.07) is 6.62. The van der Waals surface area contributed by atoms with Crippen molar-refractivity contribution in [1.29, 1.82) is 0 Å². The zero-order chi connectivity index (χ0) is 29.8. The van der Waals surface area contributed by atoms with Crippen LogP contribution >= 0.6 is 0 Å². The first-order valence-corrected chi connectivity index (χ1v) is 13.7. The third-order valence-corrected chi connectivity index (χ3v) is 6.32. The molecule has 0 aliphatic carbocycles. The summed E-state index contributed by atoms with van der Waals surface area (Å²) in [4.78, 5) is 28.3. The molecule has 2 rings (SSSR count). The van der Waals surface area contributed by atoms with E-state index in [1.807, 2.05) is 20.8 Å². The van der Waals surface area contributed by atoms with Crippen LogP contribution in [-0.4, -0.2) is 71.5 Å². The van der Waals surface area contributed by atoms with Gasteiger partial charge in [0.2, 0.25) is 0 Å². The van der Waals surface area contributed by atoms with Crippen LogP contribution in [0.25, 0.3) is 0 Å². The first kappa shape index (κ1) is 33.1. The predicted octanol–water partition coefficient (Wildman–Crippen LogP) is 4.58. The van der Waals surface area contributed by atoms with E-state index in [2.05, 4.69) is 11.9 Å². The van der Waals surface area contributed by atoms with Crippen molar-refractivity contribution in [2.75, 3.05) is 26.3 Å². The van der Waals surface area contributed by atoms with Crippen LogP contribution in [0.3, 0.4) is 0 Å². The van der Waals surface area contributed by atoms with Crippen LogP contribution in [0, 0.1) is 18.6 Å². The first-order valence-electron chi connectivity index (χ1n) is 13.7. The number of hydrogen-bond acceptors (Lipinski definition) is 5. The highest BCUT2D eigenvalue weighted by atomic mass is 19.1. The van der Waals surface area contributed by atoms with Gasteiger partial charge in [-0.2, -0.15) is 0 Å². The third kappa shape index (κ3) is 10.4. The van der Waals surface area contributed by atoms with Crippen LogP contribution in [-0.2, 0) is 11.2 Å². The maximum atomic E-state index is 13.9. The van der Waals surface area contributed by atoms with Crippen molar-refractivity contribution in [2.45, 2.75) is 71.6 Å². The van der Waals surface area contributed by atoms with E-state index in [-0.39, 0.29) is 30.1 Å². The van der Waals surface area contributed by atoms with Gasteiger partial charge in [-0.25, -0.2) is 8.78 Å². The Morgan fingerprint density at radius 1 is 1.00 bits per heavy atom. The quantitative estimate of drug-likeness (QED) is 0.206. The SMILES string of the molecule is C=C(C)CCOC[C@@H](O)[C@H](O)[C@H](Cc1cc(F)cc(F)c1)NC(=O)c1cc(C)cc(C(=O)N(CCC)CCC)c1. The molecule has 3 atom stereocenters. The van der Waals surface area contributed by atoms with E-state index in [4.69, 9.17) is 4.74 Å². The lowest BCUT2D eigenvalue weighted by molar-refractivity contribution is -0.0502. The molecule has 2 aromatic carbocycles. The number of benzene rings is 2. The molecule has 0 saturated heterocycles. The standard InChI is InChI=1S/C31H42F2N2O5/c1-6-9-35(10-7-2)31(39)24-13-21(5)12-23(17-24)30(38)34-27(16-22-14-25(32)18-26(33)15-22)29(37)28(36)19-40-11-8-20(3)4/h12-15,17-18,27-29,36-37H,3,6-11,16,19H2,1-2,4-5H3,(H,34,38)/t27-,28+,29+/m0/s1. The van der Waals surface area contributed by atoms with E-state index >= 15 is 0 Å². The second kappa shape index (κ2) is 16.2. The van der Waals surface area contributed by atoms with Crippen molar-refractivity contribution in [1.82, 2.24) is 10.2 Å². The van der Waals surface area contributed by atoms with Gasteiger partial charge in [0, 0.05) is 30.3 Å². The number of halogens is 2. The van der Waals surface area contributed by atoms with Crippen LogP contribution in [0.15, 0.2) is 48.6 Å². The number of aliphatic hydroxyl groups is 2. The van der Waals surface area contributed by atoms with Gasteiger partial charge in [0.25, 0.3) is 11.8 Å². The van der Waals surface area contributed by atoms with Gasteiger partial charge in [-0.1, -0.05) is 19.4 Å². The number of aliphatic hydroxyl groups excluding tert-OH is 2. The lowest BCUT2D eigenvalue weighted by Gasteiger charge is -2.28. The van der Waals surface area contributed by atoms with Crippen LogP contribution < -0.4 is 5.32 Å². The number of carbonyl (C=O) groups is 2. The maximum Gasteiger partial charge on any atom is 0.253 e. The van der Waals surface area contributed by atoms with Gasteiger partial charge in [0.15, 0.2) is 0 Å². The lowest BCUT2D eigenvalue weighted by Crippen LogP contribution is -2.51. The monoisotopic (exact) mass is 560 g/mol. The van der Waals surface area contributed by atoms with Crippen LogP contribution in [0.4, 0.5) is 8.78 Å². The summed E-state index contributed by atoms with van der Waals surface area (Å²) in [5.74, 6) is -2.39. The Hall–Kier alpha value is -3.14. The number of hydrogen-bond donors (Lipinski definition) is 3. The number of amides is 2. The number of aryl methyl sites for hydroxylation is 1. The molecule has 0 heterocycles. The van der Waals surface area contributed by atoms with Gasteiger partial charge in [0.05, 0.1) is 19.3 Å². The summed E-state index contributed by atoms with van der Waals surface area (Å²) in [6.45, 7) is 12.6. The normalized spacial score (nSPS) is 13.4. The molecule has 0 fully saturated rings. The Bertz CT molecular complexity index is 1130. The molecular weight excluding hydrogens is 518 g/mol. The van der Waals surface area contributed by atoms with Gasteiger partial charge in [-0.05, 0) is 81.0 Å². The topological polar surface area (TPSA) is 99.1 Å². The average molecular weight is 561 g/mol. The fourth-order valence-electron chi connectivity index (χ4n) is 4.38. The molecule has 40 heavy (non-hydrogen) atoms. The molecule has 0 saturated carbocycles. The summed E-state index contributed by atoms with van der Waals surface area (Å²) in [5, 5.41) is 24.3. The van der Waals surface area contributed by atoms with E-state index in [0.29, 0.717) is 37.2 Å². The van der Waals surface area contributed by atoms with Crippen LogP contribution in [0.2, 0.25) is 0 Å². The Labute approximate surface area is 235 Å². The molecule has 7 nitrogen and oxygen atoms in total. The minimum Gasteiger partial charge on any atom is -0.388 e. The Morgan fingerprint density at radius 3 is 2.17 bits per heavy atom. The zero-order valence-electron chi connectivity index (χ0n) is 23.9. The van der Waals surface area contributed by atoms with Gasteiger partial charge >= 0.3 is 0 Å². The van der Waals surface area contributed by atoms with Crippen molar-refractivity contribution in [2.24, 2.45) is 0 Å². The van der Waals surface area contributed by atoms with E-state index in [9.17, 15) is 28.6 Å². The highest BCUT2D eigenvalue weighted by Gasteiger charge is 2.29. The van der Waals surface area contributed by atoms with Crippen molar-refractivity contribution in [3.63, 3.8) is 0 Å². The van der Waals surface area contributed by atoms with E-state index in [1.54, 1.807) is 24.0 Å². The van der Waals surface area contributed by atoms with E-state index < -0.39 is 35.8 Å². The second-order valence-electron chi connectivity index (χ2n) is 10.3. The fourth-order valence-corrected chi connectivity index (χ4v) is 4.38. The highest BCUT2D eigenvalue weighted by molar-refractivity contribution is 6.00. The van der Waals surface area contributed by atoms with Crippen molar-refractivity contribution in [3.05, 3.63) is 82.4 Å². The van der Waals surface area contributed by atoms with Crippen molar-refractivity contribution < 1.29 is 33.3 Å². The maximum absolute atomic E-state index is 13.9. The van der Waals surface area contributed by atoms with Gasteiger partial charge < -0.3 is 25.2 Å². The zero-order valence-corrected chi connectivity index (χ0v) is 23.9.